The fourth-order valence-corrected chi connectivity index (χ4v) is 4.24. The minimum absolute atomic E-state index is 0.386. The molecule has 1 atom stereocenters. The SMILES string of the molecule is COC(=O)c1cc(-c2ccc3nc[nH]c3c2)ccc1NC(C#N)CCc1c[nH]c2ccccc12. The Bertz CT molecular complexity index is 1530. The molecule has 0 spiro atoms. The normalized spacial score (nSPS) is 11.9. The molecule has 7 heteroatoms. The van der Waals surface area contributed by atoms with Crippen LogP contribution in [-0.4, -0.2) is 34.1 Å². The summed E-state index contributed by atoms with van der Waals surface area (Å²) in [7, 11) is 1.36. The Kier molecular flexibility index (Phi) is 5.71. The molecule has 0 saturated carbocycles. The van der Waals surface area contributed by atoms with E-state index in [0.29, 0.717) is 17.7 Å². The predicted molar refractivity (Wildman–Crippen MR) is 133 cm³/mol. The third-order valence-corrected chi connectivity index (χ3v) is 6.04. The maximum atomic E-state index is 12.6. The third-order valence-electron chi connectivity index (χ3n) is 6.04. The number of benzene rings is 3. The van der Waals surface area contributed by atoms with Crippen LogP contribution in [-0.2, 0) is 11.2 Å². The van der Waals surface area contributed by atoms with Crippen LogP contribution in [0.15, 0.2) is 73.2 Å². The number of para-hydroxylation sites is 1. The minimum Gasteiger partial charge on any atom is -0.465 e. The van der Waals surface area contributed by atoms with Gasteiger partial charge in [-0.2, -0.15) is 5.26 Å². The number of esters is 1. The largest absolute Gasteiger partial charge is 0.465 e. The number of ether oxygens (including phenoxy) is 1. The van der Waals surface area contributed by atoms with Crippen LogP contribution in [0.2, 0.25) is 0 Å². The Morgan fingerprint density at radius 3 is 2.76 bits per heavy atom. The number of nitrogens with one attached hydrogen (secondary N) is 3. The fourth-order valence-electron chi connectivity index (χ4n) is 4.24. The van der Waals surface area contributed by atoms with Crippen LogP contribution < -0.4 is 5.32 Å². The molecular weight excluding hydrogens is 426 g/mol. The molecule has 34 heavy (non-hydrogen) atoms. The van der Waals surface area contributed by atoms with Crippen molar-refractivity contribution in [2.45, 2.75) is 18.9 Å². The highest BCUT2D eigenvalue weighted by Crippen LogP contribution is 2.29. The van der Waals surface area contributed by atoms with Crippen molar-refractivity contribution in [3.8, 4) is 17.2 Å². The molecule has 3 N–H and O–H groups in total. The second kappa shape index (κ2) is 9.12. The fraction of sp³-hybridized carbons (Fsp3) is 0.148. The van der Waals surface area contributed by atoms with Gasteiger partial charge in [-0.15, -0.1) is 0 Å². The van der Waals surface area contributed by atoms with Crippen molar-refractivity contribution in [1.82, 2.24) is 15.0 Å². The molecule has 168 valence electrons. The third kappa shape index (κ3) is 4.09. The van der Waals surface area contributed by atoms with Crippen molar-refractivity contribution in [3.05, 3.63) is 84.3 Å². The summed E-state index contributed by atoms with van der Waals surface area (Å²) in [5.74, 6) is -0.458. The number of aryl methyl sites for hydroxylation is 1. The van der Waals surface area contributed by atoms with E-state index in [4.69, 9.17) is 4.74 Å². The summed E-state index contributed by atoms with van der Waals surface area (Å²) in [4.78, 5) is 23.2. The summed E-state index contributed by atoms with van der Waals surface area (Å²) < 4.78 is 5.03. The van der Waals surface area contributed by atoms with Crippen LogP contribution in [0.3, 0.4) is 0 Å². The number of hydrogen-bond donors (Lipinski definition) is 3. The number of aromatic amines is 2. The monoisotopic (exact) mass is 449 g/mol. The zero-order valence-electron chi connectivity index (χ0n) is 18.6. The summed E-state index contributed by atoms with van der Waals surface area (Å²) in [6.07, 6.45) is 4.96. The number of fused-ring (bicyclic) bond motifs is 2. The first-order chi connectivity index (χ1) is 16.7. The summed E-state index contributed by atoms with van der Waals surface area (Å²) in [5.41, 5.74) is 6.81. The number of nitriles is 1. The van der Waals surface area contributed by atoms with Crippen LogP contribution in [0.4, 0.5) is 5.69 Å². The molecular formula is C27H23N5O2. The van der Waals surface area contributed by atoms with Gasteiger partial charge in [0.15, 0.2) is 0 Å². The Morgan fingerprint density at radius 1 is 1.09 bits per heavy atom. The van der Waals surface area contributed by atoms with E-state index in [1.807, 2.05) is 54.7 Å². The number of hydrogen-bond acceptors (Lipinski definition) is 5. The number of nitrogens with zero attached hydrogens (tertiary/aromatic N) is 2. The van der Waals surface area contributed by atoms with E-state index < -0.39 is 12.0 Å². The Hall–Kier alpha value is -4.57. The van der Waals surface area contributed by atoms with Gasteiger partial charge in [0.25, 0.3) is 0 Å². The van der Waals surface area contributed by atoms with E-state index in [1.165, 1.54) is 7.11 Å². The summed E-state index contributed by atoms with van der Waals surface area (Å²) in [6, 6.07) is 21.4. The first-order valence-corrected chi connectivity index (χ1v) is 11.0. The molecule has 5 aromatic rings. The maximum absolute atomic E-state index is 12.6. The van der Waals surface area contributed by atoms with E-state index >= 15 is 0 Å². The van der Waals surface area contributed by atoms with Crippen LogP contribution in [0.5, 0.6) is 0 Å². The van der Waals surface area contributed by atoms with Crippen LogP contribution >= 0.6 is 0 Å². The van der Waals surface area contributed by atoms with Gasteiger partial charge in [0, 0.05) is 22.8 Å². The smallest absolute Gasteiger partial charge is 0.339 e. The number of imidazole rings is 1. The van der Waals surface area contributed by atoms with Crippen LogP contribution in [0.25, 0.3) is 33.1 Å². The number of carbonyl (C=O) groups excluding carboxylic acids is 1. The topological polar surface area (TPSA) is 107 Å². The highest BCUT2D eigenvalue weighted by Gasteiger charge is 2.17. The molecule has 2 aromatic heterocycles. The lowest BCUT2D eigenvalue weighted by Gasteiger charge is -2.16. The number of aromatic nitrogens is 3. The molecule has 0 amide bonds. The molecule has 5 rings (SSSR count). The van der Waals surface area contributed by atoms with Crippen molar-refractivity contribution in [3.63, 3.8) is 0 Å². The lowest BCUT2D eigenvalue weighted by Crippen LogP contribution is -2.20. The number of H-pyrrole nitrogens is 2. The zero-order valence-corrected chi connectivity index (χ0v) is 18.6. The second-order valence-corrected chi connectivity index (χ2v) is 8.11. The van der Waals surface area contributed by atoms with E-state index in [9.17, 15) is 10.1 Å². The first-order valence-electron chi connectivity index (χ1n) is 11.0. The van der Waals surface area contributed by atoms with E-state index in [2.05, 4.69) is 32.4 Å². The van der Waals surface area contributed by atoms with Crippen molar-refractivity contribution >= 4 is 33.6 Å². The Balaban J connectivity index is 1.39. The number of rotatable bonds is 7. The minimum atomic E-state index is -0.468. The highest BCUT2D eigenvalue weighted by molar-refractivity contribution is 5.97. The molecule has 0 aliphatic carbocycles. The molecule has 0 radical (unpaired) electrons. The molecule has 0 aliphatic rings. The van der Waals surface area contributed by atoms with Gasteiger partial charge in [0.1, 0.15) is 6.04 Å². The van der Waals surface area contributed by atoms with Gasteiger partial charge >= 0.3 is 5.97 Å². The van der Waals surface area contributed by atoms with E-state index in [0.717, 1.165) is 45.0 Å². The molecule has 1 unspecified atom stereocenters. The lowest BCUT2D eigenvalue weighted by atomic mass is 10.00. The predicted octanol–water partition coefficient (Wildman–Crippen LogP) is 5.43. The summed E-state index contributed by atoms with van der Waals surface area (Å²) >= 11 is 0. The van der Waals surface area contributed by atoms with Crippen molar-refractivity contribution in [2.24, 2.45) is 0 Å². The lowest BCUT2D eigenvalue weighted by molar-refractivity contribution is 0.0602. The quantitative estimate of drug-likeness (QED) is 0.287. The standard InChI is InChI=1S/C27H23N5O2/c1-34-27(33)22-12-17(18-8-11-25-26(13-18)31-16-30-25)7-10-24(22)32-20(14-28)9-6-19-15-29-23-5-3-2-4-21(19)23/h2-5,7-8,10-13,15-16,20,29,32H,6,9H2,1H3,(H,30,31). The molecule has 0 aliphatic heterocycles. The Morgan fingerprint density at radius 2 is 1.91 bits per heavy atom. The average molecular weight is 450 g/mol. The number of anilines is 1. The molecule has 0 saturated heterocycles. The molecule has 7 nitrogen and oxygen atoms in total. The van der Waals surface area contributed by atoms with Gasteiger partial charge in [-0.1, -0.05) is 30.3 Å². The molecule has 0 fully saturated rings. The average Bonchev–Trinajstić information content (AvgIpc) is 3.52. The molecule has 2 heterocycles. The summed E-state index contributed by atoms with van der Waals surface area (Å²) in [5, 5.41) is 14.2. The molecule has 0 bridgehead atoms. The summed E-state index contributed by atoms with van der Waals surface area (Å²) in [6.45, 7) is 0. The first kappa shape index (κ1) is 21.3. The van der Waals surface area contributed by atoms with Gasteiger partial charge in [0.2, 0.25) is 0 Å². The zero-order chi connectivity index (χ0) is 23.5. The number of carbonyl (C=O) groups is 1. The Labute approximate surface area is 196 Å². The van der Waals surface area contributed by atoms with Gasteiger partial charge < -0.3 is 20.0 Å². The van der Waals surface area contributed by atoms with E-state index in [1.54, 1.807) is 12.4 Å². The van der Waals surface area contributed by atoms with Crippen LogP contribution in [0, 0.1) is 11.3 Å². The van der Waals surface area contributed by atoms with Crippen molar-refractivity contribution < 1.29 is 9.53 Å². The van der Waals surface area contributed by atoms with Gasteiger partial charge in [-0.25, -0.2) is 9.78 Å². The van der Waals surface area contributed by atoms with Gasteiger partial charge in [-0.05, 0) is 59.9 Å². The van der Waals surface area contributed by atoms with Crippen molar-refractivity contribution in [2.75, 3.05) is 12.4 Å². The van der Waals surface area contributed by atoms with E-state index in [-0.39, 0.29) is 0 Å². The highest BCUT2D eigenvalue weighted by atomic mass is 16.5. The van der Waals surface area contributed by atoms with Crippen molar-refractivity contribution in [1.29, 1.82) is 5.26 Å². The van der Waals surface area contributed by atoms with Crippen LogP contribution in [0.1, 0.15) is 22.3 Å². The second-order valence-electron chi connectivity index (χ2n) is 8.11. The van der Waals surface area contributed by atoms with Gasteiger partial charge in [0.05, 0.1) is 36.1 Å². The number of methoxy groups -OCH3 is 1. The maximum Gasteiger partial charge on any atom is 0.339 e. The van der Waals surface area contributed by atoms with Gasteiger partial charge in [-0.3, -0.25) is 0 Å². The molecule has 3 aromatic carbocycles.